The molecule has 224 valence electrons. The zero-order valence-electron chi connectivity index (χ0n) is 26.6. The monoisotopic (exact) mass is 527 g/mol. The Hall–Kier alpha value is -0.160. The van der Waals surface area contributed by atoms with Crippen molar-refractivity contribution in [2.45, 2.75) is 142 Å². The zero-order valence-corrected chi connectivity index (χ0v) is 26.6. The van der Waals surface area contributed by atoms with Gasteiger partial charge in [0.25, 0.3) is 0 Å². The van der Waals surface area contributed by atoms with Crippen LogP contribution in [0.15, 0.2) is 0 Å². The SMILES string of the molecule is CCCCCCCCCCOCC(CCCCCCOCCCCC)(CCCN(C)C)CCCN(C)C. The summed E-state index contributed by atoms with van der Waals surface area (Å²) in [6.07, 6.45) is 26.4. The van der Waals surface area contributed by atoms with Gasteiger partial charge in [-0.05, 0) is 98.1 Å². The maximum Gasteiger partial charge on any atom is 0.0522 e. The van der Waals surface area contributed by atoms with Gasteiger partial charge in [0.1, 0.15) is 0 Å². The first-order chi connectivity index (χ1) is 18.0. The molecule has 0 aromatic heterocycles. The molecule has 0 saturated heterocycles. The standard InChI is InChI=1S/C33H70N2O2/c1-7-9-11-12-13-14-16-21-31-37-32-33(25-22-27-34(3)4,26-23-28-35(5)6)24-18-15-17-20-30-36-29-19-10-8-2/h7-32H2,1-6H3. The third kappa shape index (κ3) is 25.9. The number of unbranched alkanes of at least 4 members (excludes halogenated alkanes) is 12. The third-order valence-electron chi connectivity index (χ3n) is 7.81. The molecule has 0 radical (unpaired) electrons. The minimum absolute atomic E-state index is 0.350. The third-order valence-corrected chi connectivity index (χ3v) is 7.81. The Kier molecular flexibility index (Phi) is 27.3. The molecule has 0 aromatic carbocycles. The second-order valence-electron chi connectivity index (χ2n) is 12.3. The number of ether oxygens (including phenoxy) is 2. The highest BCUT2D eigenvalue weighted by atomic mass is 16.5. The molecule has 0 amide bonds. The fourth-order valence-electron chi connectivity index (χ4n) is 5.37. The largest absolute Gasteiger partial charge is 0.381 e. The van der Waals surface area contributed by atoms with Gasteiger partial charge in [-0.25, -0.2) is 0 Å². The lowest BCUT2D eigenvalue weighted by Gasteiger charge is -2.35. The summed E-state index contributed by atoms with van der Waals surface area (Å²) in [7, 11) is 8.82. The molecule has 0 unspecified atom stereocenters. The number of hydrogen-bond donors (Lipinski definition) is 0. The summed E-state index contributed by atoms with van der Waals surface area (Å²) in [5.74, 6) is 0. The van der Waals surface area contributed by atoms with Crippen molar-refractivity contribution >= 4 is 0 Å². The van der Waals surface area contributed by atoms with E-state index in [2.05, 4.69) is 51.8 Å². The van der Waals surface area contributed by atoms with Crippen LogP contribution in [0, 0.1) is 5.41 Å². The van der Waals surface area contributed by atoms with Crippen LogP contribution in [0.1, 0.15) is 142 Å². The van der Waals surface area contributed by atoms with Crippen LogP contribution >= 0.6 is 0 Å². The summed E-state index contributed by atoms with van der Waals surface area (Å²) in [6.45, 7) is 10.7. The van der Waals surface area contributed by atoms with Crippen LogP contribution in [-0.2, 0) is 9.47 Å². The van der Waals surface area contributed by atoms with Crippen molar-refractivity contribution in [3.63, 3.8) is 0 Å². The van der Waals surface area contributed by atoms with E-state index in [9.17, 15) is 0 Å². The molecule has 0 fully saturated rings. The second-order valence-corrected chi connectivity index (χ2v) is 12.3. The average Bonchev–Trinajstić information content (AvgIpc) is 2.86. The van der Waals surface area contributed by atoms with Crippen LogP contribution < -0.4 is 0 Å². The van der Waals surface area contributed by atoms with Crippen molar-refractivity contribution in [3.05, 3.63) is 0 Å². The number of nitrogens with zero attached hydrogens (tertiary/aromatic N) is 2. The maximum atomic E-state index is 6.45. The Labute approximate surface area is 234 Å². The topological polar surface area (TPSA) is 24.9 Å². The van der Waals surface area contributed by atoms with Crippen LogP contribution in [0.3, 0.4) is 0 Å². The average molecular weight is 527 g/mol. The van der Waals surface area contributed by atoms with Gasteiger partial charge in [0.05, 0.1) is 6.61 Å². The quantitative estimate of drug-likeness (QED) is 0.0872. The fraction of sp³-hybridized carbons (Fsp3) is 1.00. The molecule has 0 atom stereocenters. The minimum Gasteiger partial charge on any atom is -0.381 e. The van der Waals surface area contributed by atoms with Gasteiger partial charge in [0, 0.05) is 19.8 Å². The highest BCUT2D eigenvalue weighted by Crippen LogP contribution is 2.36. The molecule has 0 saturated carbocycles. The molecule has 0 aromatic rings. The molecule has 0 N–H and O–H groups in total. The number of hydrogen-bond acceptors (Lipinski definition) is 4. The molecule has 4 nitrogen and oxygen atoms in total. The van der Waals surface area contributed by atoms with Crippen LogP contribution in [0.4, 0.5) is 0 Å². The first kappa shape index (κ1) is 36.8. The molecular weight excluding hydrogens is 456 g/mol. The lowest BCUT2D eigenvalue weighted by atomic mass is 9.75. The van der Waals surface area contributed by atoms with Gasteiger partial charge in [0.2, 0.25) is 0 Å². The molecule has 4 heteroatoms. The number of rotatable bonds is 30. The van der Waals surface area contributed by atoms with Gasteiger partial charge in [-0.2, -0.15) is 0 Å². The van der Waals surface area contributed by atoms with Gasteiger partial charge >= 0.3 is 0 Å². The first-order valence-corrected chi connectivity index (χ1v) is 16.4. The van der Waals surface area contributed by atoms with Crippen molar-refractivity contribution in [2.75, 3.05) is 67.7 Å². The van der Waals surface area contributed by atoms with Crippen molar-refractivity contribution in [2.24, 2.45) is 5.41 Å². The van der Waals surface area contributed by atoms with Crippen molar-refractivity contribution in [1.82, 2.24) is 9.80 Å². The summed E-state index contributed by atoms with van der Waals surface area (Å²) in [5, 5.41) is 0. The molecule has 0 spiro atoms. The van der Waals surface area contributed by atoms with Crippen molar-refractivity contribution < 1.29 is 9.47 Å². The van der Waals surface area contributed by atoms with Gasteiger partial charge in [-0.15, -0.1) is 0 Å². The lowest BCUT2D eigenvalue weighted by molar-refractivity contribution is 0.0188. The minimum atomic E-state index is 0.350. The molecule has 0 bridgehead atoms. The summed E-state index contributed by atoms with van der Waals surface area (Å²) < 4.78 is 12.3. The molecule has 0 aliphatic carbocycles. The molecule has 0 rings (SSSR count). The van der Waals surface area contributed by atoms with E-state index >= 15 is 0 Å². The Morgan fingerprint density at radius 2 is 0.811 bits per heavy atom. The van der Waals surface area contributed by atoms with E-state index in [-0.39, 0.29) is 0 Å². The van der Waals surface area contributed by atoms with E-state index in [0.29, 0.717) is 5.41 Å². The van der Waals surface area contributed by atoms with Crippen molar-refractivity contribution in [3.8, 4) is 0 Å². The summed E-state index contributed by atoms with van der Waals surface area (Å²) >= 11 is 0. The van der Waals surface area contributed by atoms with Crippen LogP contribution in [0.2, 0.25) is 0 Å². The molecule has 0 aliphatic rings. The van der Waals surface area contributed by atoms with Crippen LogP contribution in [-0.4, -0.2) is 77.5 Å². The van der Waals surface area contributed by atoms with E-state index in [4.69, 9.17) is 9.47 Å². The highest BCUT2D eigenvalue weighted by molar-refractivity contribution is 4.80. The maximum absolute atomic E-state index is 6.45. The van der Waals surface area contributed by atoms with E-state index in [1.54, 1.807) is 0 Å². The van der Waals surface area contributed by atoms with E-state index < -0.39 is 0 Å². The molecule has 37 heavy (non-hydrogen) atoms. The van der Waals surface area contributed by atoms with Gasteiger partial charge in [-0.1, -0.05) is 90.9 Å². The predicted octanol–water partition coefficient (Wildman–Crippen LogP) is 8.97. The van der Waals surface area contributed by atoms with Gasteiger partial charge in [-0.3, -0.25) is 0 Å². The Morgan fingerprint density at radius 1 is 0.432 bits per heavy atom. The molecular formula is C33H70N2O2. The molecule has 0 aliphatic heterocycles. The lowest BCUT2D eigenvalue weighted by Crippen LogP contribution is -2.30. The Bertz CT molecular complexity index is 402. The Balaban J connectivity index is 4.55. The normalized spacial score (nSPS) is 12.3. The highest BCUT2D eigenvalue weighted by Gasteiger charge is 2.29. The summed E-state index contributed by atoms with van der Waals surface area (Å²) in [6, 6.07) is 0. The second kappa shape index (κ2) is 27.4. The van der Waals surface area contributed by atoms with Crippen LogP contribution in [0.25, 0.3) is 0 Å². The van der Waals surface area contributed by atoms with Crippen molar-refractivity contribution in [1.29, 1.82) is 0 Å². The Morgan fingerprint density at radius 3 is 1.32 bits per heavy atom. The van der Waals surface area contributed by atoms with Gasteiger partial charge in [0.15, 0.2) is 0 Å². The predicted molar refractivity (Wildman–Crippen MR) is 165 cm³/mol. The molecule has 0 heterocycles. The smallest absolute Gasteiger partial charge is 0.0522 e. The first-order valence-electron chi connectivity index (χ1n) is 16.4. The van der Waals surface area contributed by atoms with E-state index in [1.807, 2.05) is 0 Å². The summed E-state index contributed by atoms with van der Waals surface area (Å²) in [5.41, 5.74) is 0.350. The van der Waals surface area contributed by atoms with E-state index in [1.165, 1.54) is 142 Å². The van der Waals surface area contributed by atoms with Gasteiger partial charge < -0.3 is 19.3 Å². The fourth-order valence-corrected chi connectivity index (χ4v) is 5.37. The van der Waals surface area contributed by atoms with E-state index in [0.717, 1.165) is 26.4 Å². The zero-order chi connectivity index (χ0) is 27.5. The summed E-state index contributed by atoms with van der Waals surface area (Å²) in [4.78, 5) is 4.68. The van der Waals surface area contributed by atoms with Crippen LogP contribution in [0.5, 0.6) is 0 Å².